The van der Waals surface area contributed by atoms with E-state index in [1.165, 1.54) is 0 Å². The zero-order chi connectivity index (χ0) is 18.5. The minimum atomic E-state index is -0.370. The van der Waals surface area contributed by atoms with Gasteiger partial charge in [0.25, 0.3) is 0 Å². The first-order chi connectivity index (χ1) is 12.6. The highest BCUT2D eigenvalue weighted by atomic mass is 16.5. The molecule has 0 bridgehead atoms. The SMILES string of the molecule is COc1ccc([C@@H](N)CC(=O)N2CCC(c3ncc[nH]3)CC2)cc1OC. The van der Waals surface area contributed by atoms with E-state index in [0.717, 1.165) is 37.3 Å². The summed E-state index contributed by atoms with van der Waals surface area (Å²) in [5, 5.41) is 0. The molecule has 1 aromatic carbocycles. The molecular weight excluding hydrogens is 332 g/mol. The predicted molar refractivity (Wildman–Crippen MR) is 98.2 cm³/mol. The molecule has 3 N–H and O–H groups in total. The normalized spacial score (nSPS) is 16.3. The Morgan fingerprint density at radius 3 is 2.65 bits per heavy atom. The summed E-state index contributed by atoms with van der Waals surface area (Å²) >= 11 is 0. The van der Waals surface area contributed by atoms with Crippen molar-refractivity contribution in [1.82, 2.24) is 14.9 Å². The van der Waals surface area contributed by atoms with Crippen molar-refractivity contribution in [2.75, 3.05) is 27.3 Å². The molecule has 1 aromatic heterocycles. The van der Waals surface area contributed by atoms with E-state index in [2.05, 4.69) is 9.97 Å². The first kappa shape index (κ1) is 18.3. The molecule has 140 valence electrons. The molecule has 0 unspecified atom stereocenters. The number of aromatic amines is 1. The van der Waals surface area contributed by atoms with Crippen LogP contribution in [-0.4, -0.2) is 48.1 Å². The van der Waals surface area contributed by atoms with Gasteiger partial charge < -0.3 is 25.1 Å². The number of methoxy groups -OCH3 is 2. The summed E-state index contributed by atoms with van der Waals surface area (Å²) in [5.41, 5.74) is 7.13. The molecule has 1 aliphatic rings. The molecule has 0 aliphatic carbocycles. The molecular formula is C19H26N4O3. The number of nitrogens with zero attached hydrogens (tertiary/aromatic N) is 2. The van der Waals surface area contributed by atoms with Gasteiger partial charge in [0.05, 0.1) is 14.2 Å². The largest absolute Gasteiger partial charge is 0.493 e. The smallest absolute Gasteiger partial charge is 0.224 e. The van der Waals surface area contributed by atoms with Gasteiger partial charge >= 0.3 is 0 Å². The molecule has 1 fully saturated rings. The number of imidazole rings is 1. The maximum atomic E-state index is 12.6. The Morgan fingerprint density at radius 2 is 2.04 bits per heavy atom. The summed E-state index contributed by atoms with van der Waals surface area (Å²) in [6.07, 6.45) is 5.74. The summed E-state index contributed by atoms with van der Waals surface area (Å²) in [6, 6.07) is 5.15. The van der Waals surface area contributed by atoms with Crippen molar-refractivity contribution < 1.29 is 14.3 Å². The monoisotopic (exact) mass is 358 g/mol. The van der Waals surface area contributed by atoms with Gasteiger partial charge in [-0.15, -0.1) is 0 Å². The average molecular weight is 358 g/mol. The van der Waals surface area contributed by atoms with Gasteiger partial charge in [-0.3, -0.25) is 4.79 Å². The van der Waals surface area contributed by atoms with Crippen LogP contribution in [0.1, 0.15) is 42.6 Å². The first-order valence-electron chi connectivity index (χ1n) is 8.87. The third-order valence-electron chi connectivity index (χ3n) is 4.98. The summed E-state index contributed by atoms with van der Waals surface area (Å²) in [7, 11) is 3.18. The van der Waals surface area contributed by atoms with Gasteiger partial charge in [0.15, 0.2) is 11.5 Å². The minimum absolute atomic E-state index is 0.0881. The van der Waals surface area contributed by atoms with Crippen LogP contribution in [0.2, 0.25) is 0 Å². The lowest BCUT2D eigenvalue weighted by atomic mass is 9.95. The standard InChI is InChI=1S/C19H26N4O3/c1-25-16-4-3-14(11-17(16)26-2)15(20)12-18(24)23-9-5-13(6-10-23)19-21-7-8-22-19/h3-4,7-8,11,13,15H,5-6,9-10,12,20H2,1-2H3,(H,21,22)/t15-/m0/s1. The number of ether oxygens (including phenoxy) is 2. The van der Waals surface area contributed by atoms with Crippen LogP contribution in [0.25, 0.3) is 0 Å². The van der Waals surface area contributed by atoms with E-state index in [1.54, 1.807) is 20.4 Å². The van der Waals surface area contributed by atoms with E-state index in [4.69, 9.17) is 15.2 Å². The summed E-state index contributed by atoms with van der Waals surface area (Å²) < 4.78 is 10.5. The Bertz CT molecular complexity index is 724. The van der Waals surface area contributed by atoms with Crippen molar-refractivity contribution >= 4 is 5.91 Å². The fourth-order valence-electron chi connectivity index (χ4n) is 3.42. The average Bonchev–Trinajstić information content (AvgIpc) is 3.22. The Balaban J connectivity index is 1.56. The quantitative estimate of drug-likeness (QED) is 0.826. The molecule has 7 nitrogen and oxygen atoms in total. The second-order valence-corrected chi connectivity index (χ2v) is 6.55. The highest BCUT2D eigenvalue weighted by Gasteiger charge is 2.26. The number of carbonyl (C=O) groups excluding carboxylic acids is 1. The molecule has 0 radical (unpaired) electrons. The van der Waals surface area contributed by atoms with Gasteiger partial charge in [-0.25, -0.2) is 4.98 Å². The number of aromatic nitrogens is 2. The lowest BCUT2D eigenvalue weighted by molar-refractivity contribution is -0.132. The second-order valence-electron chi connectivity index (χ2n) is 6.55. The predicted octanol–water partition coefficient (Wildman–Crippen LogP) is 2.22. The number of hydrogen-bond donors (Lipinski definition) is 2. The number of amides is 1. The maximum Gasteiger partial charge on any atom is 0.224 e. The number of H-pyrrole nitrogens is 1. The second kappa shape index (κ2) is 8.23. The first-order valence-corrected chi connectivity index (χ1v) is 8.87. The van der Waals surface area contributed by atoms with E-state index in [-0.39, 0.29) is 18.4 Å². The third-order valence-corrected chi connectivity index (χ3v) is 4.98. The van der Waals surface area contributed by atoms with Crippen LogP contribution < -0.4 is 15.2 Å². The van der Waals surface area contributed by atoms with E-state index in [0.29, 0.717) is 17.4 Å². The van der Waals surface area contributed by atoms with E-state index in [9.17, 15) is 4.79 Å². The van der Waals surface area contributed by atoms with Crippen LogP contribution in [0.3, 0.4) is 0 Å². The zero-order valence-electron chi connectivity index (χ0n) is 15.3. The zero-order valence-corrected chi connectivity index (χ0v) is 15.3. The van der Waals surface area contributed by atoms with Crippen LogP contribution >= 0.6 is 0 Å². The van der Waals surface area contributed by atoms with Gasteiger partial charge in [-0.05, 0) is 30.5 Å². The van der Waals surface area contributed by atoms with E-state index >= 15 is 0 Å². The number of nitrogens with one attached hydrogen (secondary N) is 1. The number of benzene rings is 1. The molecule has 2 aromatic rings. The molecule has 0 spiro atoms. The van der Waals surface area contributed by atoms with Gasteiger partial charge in [0.1, 0.15) is 5.82 Å². The molecule has 3 rings (SSSR count). The van der Waals surface area contributed by atoms with Crippen molar-refractivity contribution in [2.45, 2.75) is 31.2 Å². The van der Waals surface area contributed by atoms with Crippen LogP contribution in [0.4, 0.5) is 0 Å². The topological polar surface area (TPSA) is 93.5 Å². The summed E-state index contributed by atoms with van der Waals surface area (Å²) in [5.74, 6) is 2.76. The minimum Gasteiger partial charge on any atom is -0.493 e. The lowest BCUT2D eigenvalue weighted by Gasteiger charge is -2.32. The number of piperidine rings is 1. The highest BCUT2D eigenvalue weighted by Crippen LogP contribution is 2.31. The Kier molecular flexibility index (Phi) is 5.78. The molecule has 2 heterocycles. The number of likely N-dealkylation sites (tertiary alicyclic amines) is 1. The van der Waals surface area contributed by atoms with Gasteiger partial charge in [-0.2, -0.15) is 0 Å². The molecule has 0 saturated carbocycles. The number of nitrogens with two attached hydrogens (primary N) is 1. The van der Waals surface area contributed by atoms with Gasteiger partial charge in [0, 0.05) is 43.9 Å². The van der Waals surface area contributed by atoms with Gasteiger partial charge in [0.2, 0.25) is 5.91 Å². The van der Waals surface area contributed by atoms with Crippen LogP contribution in [0.15, 0.2) is 30.6 Å². The number of rotatable bonds is 6. The van der Waals surface area contributed by atoms with Crippen molar-refractivity contribution in [1.29, 1.82) is 0 Å². The summed E-state index contributed by atoms with van der Waals surface area (Å²) in [6.45, 7) is 1.48. The molecule has 1 aliphatic heterocycles. The third kappa shape index (κ3) is 3.99. The van der Waals surface area contributed by atoms with Gasteiger partial charge in [-0.1, -0.05) is 6.07 Å². The van der Waals surface area contributed by atoms with Crippen molar-refractivity contribution in [3.8, 4) is 11.5 Å². The molecule has 26 heavy (non-hydrogen) atoms. The van der Waals surface area contributed by atoms with Crippen LogP contribution in [0.5, 0.6) is 11.5 Å². The maximum absolute atomic E-state index is 12.6. The van der Waals surface area contributed by atoms with E-state index < -0.39 is 0 Å². The Morgan fingerprint density at radius 1 is 1.31 bits per heavy atom. The molecule has 1 saturated heterocycles. The van der Waals surface area contributed by atoms with Crippen molar-refractivity contribution in [3.63, 3.8) is 0 Å². The molecule has 1 amide bonds. The summed E-state index contributed by atoms with van der Waals surface area (Å²) in [4.78, 5) is 22.0. The van der Waals surface area contributed by atoms with Crippen LogP contribution in [0, 0.1) is 0 Å². The van der Waals surface area contributed by atoms with Crippen LogP contribution in [-0.2, 0) is 4.79 Å². The highest BCUT2D eigenvalue weighted by molar-refractivity contribution is 5.77. The molecule has 1 atom stereocenters. The Labute approximate surface area is 153 Å². The van der Waals surface area contributed by atoms with Crippen molar-refractivity contribution in [2.24, 2.45) is 5.73 Å². The fraction of sp³-hybridized carbons (Fsp3) is 0.474. The van der Waals surface area contributed by atoms with E-state index in [1.807, 2.05) is 29.3 Å². The number of hydrogen-bond acceptors (Lipinski definition) is 5. The van der Waals surface area contributed by atoms with Crippen molar-refractivity contribution in [3.05, 3.63) is 42.0 Å². The fourth-order valence-corrected chi connectivity index (χ4v) is 3.42. The lowest BCUT2D eigenvalue weighted by Crippen LogP contribution is -2.39. The number of carbonyl (C=O) groups is 1. The Hall–Kier alpha value is -2.54. The molecule has 7 heteroatoms.